The summed E-state index contributed by atoms with van der Waals surface area (Å²) < 4.78 is 42.4. The van der Waals surface area contributed by atoms with Gasteiger partial charge in [-0.1, -0.05) is 67.6 Å². The molecule has 0 saturated heterocycles. The van der Waals surface area contributed by atoms with E-state index in [1.807, 2.05) is 0 Å². The first-order valence-electron chi connectivity index (χ1n) is 14.0. The molecular weight excluding hydrogens is 600 g/mol. The number of hydrogen-bond donors (Lipinski definition) is 1. The van der Waals surface area contributed by atoms with Gasteiger partial charge in [-0.05, 0) is 79.4 Å². The normalized spacial score (nSPS) is 14.7. The molecule has 0 heterocycles. The van der Waals surface area contributed by atoms with Crippen molar-refractivity contribution in [3.05, 3.63) is 94.2 Å². The van der Waals surface area contributed by atoms with E-state index in [4.69, 9.17) is 23.2 Å². The zero-order valence-electron chi connectivity index (χ0n) is 23.3. The van der Waals surface area contributed by atoms with Gasteiger partial charge in [0.2, 0.25) is 11.8 Å². The van der Waals surface area contributed by atoms with E-state index in [0.29, 0.717) is 17.0 Å². The van der Waals surface area contributed by atoms with Gasteiger partial charge in [0.25, 0.3) is 10.0 Å². The summed E-state index contributed by atoms with van der Waals surface area (Å²) in [5, 5.41) is 3.75. The predicted molar refractivity (Wildman–Crippen MR) is 163 cm³/mol. The van der Waals surface area contributed by atoms with Crippen LogP contribution in [-0.2, 0) is 26.2 Å². The third-order valence-corrected chi connectivity index (χ3v) is 9.66. The van der Waals surface area contributed by atoms with Crippen molar-refractivity contribution in [2.45, 2.75) is 69.0 Å². The maximum Gasteiger partial charge on any atom is 0.264 e. The van der Waals surface area contributed by atoms with Crippen molar-refractivity contribution in [2.75, 3.05) is 10.8 Å². The fourth-order valence-corrected chi connectivity index (χ4v) is 6.86. The summed E-state index contributed by atoms with van der Waals surface area (Å²) in [7, 11) is -4.25. The lowest BCUT2D eigenvalue weighted by molar-refractivity contribution is -0.140. The summed E-state index contributed by atoms with van der Waals surface area (Å²) >= 11 is 12.2. The lowest BCUT2D eigenvalue weighted by Crippen LogP contribution is -2.54. The van der Waals surface area contributed by atoms with Gasteiger partial charge in [-0.15, -0.1) is 0 Å². The zero-order valence-corrected chi connectivity index (χ0v) is 25.6. The summed E-state index contributed by atoms with van der Waals surface area (Å²) in [6.45, 7) is 1.19. The highest BCUT2D eigenvalue weighted by Gasteiger charge is 2.34. The van der Waals surface area contributed by atoms with Crippen LogP contribution in [0.1, 0.15) is 51.0 Å². The average Bonchev–Trinajstić information content (AvgIpc) is 2.97. The van der Waals surface area contributed by atoms with Gasteiger partial charge in [-0.2, -0.15) is 0 Å². The van der Waals surface area contributed by atoms with Crippen LogP contribution in [0.4, 0.5) is 10.1 Å². The molecule has 11 heteroatoms. The second-order valence-electron chi connectivity index (χ2n) is 10.4. The van der Waals surface area contributed by atoms with E-state index in [1.54, 1.807) is 37.3 Å². The highest BCUT2D eigenvalue weighted by molar-refractivity contribution is 7.92. The SMILES string of the molecule is CCC(C(=O)NC1CCCCC1)N(Cc1ccc(F)cc1)C(=O)CN(c1cccc(Cl)c1)S(=O)(=O)c1ccc(Cl)cc1. The van der Waals surface area contributed by atoms with Gasteiger partial charge < -0.3 is 10.2 Å². The van der Waals surface area contributed by atoms with Gasteiger partial charge in [0, 0.05) is 22.6 Å². The van der Waals surface area contributed by atoms with Crippen LogP contribution in [0.3, 0.4) is 0 Å². The van der Waals surface area contributed by atoms with Crippen LogP contribution in [0.2, 0.25) is 10.0 Å². The summed E-state index contributed by atoms with van der Waals surface area (Å²) in [4.78, 5) is 29.0. The monoisotopic (exact) mass is 633 g/mol. The minimum atomic E-state index is -4.25. The van der Waals surface area contributed by atoms with Crippen molar-refractivity contribution in [3.63, 3.8) is 0 Å². The van der Waals surface area contributed by atoms with Crippen molar-refractivity contribution in [3.8, 4) is 0 Å². The number of anilines is 1. The lowest BCUT2D eigenvalue weighted by atomic mass is 9.95. The molecule has 1 atom stereocenters. The Morgan fingerprint density at radius 1 is 0.952 bits per heavy atom. The first-order valence-corrected chi connectivity index (χ1v) is 16.2. The van der Waals surface area contributed by atoms with Crippen molar-refractivity contribution < 1.29 is 22.4 Å². The highest BCUT2D eigenvalue weighted by atomic mass is 35.5. The largest absolute Gasteiger partial charge is 0.352 e. The fourth-order valence-electron chi connectivity index (χ4n) is 5.14. The van der Waals surface area contributed by atoms with E-state index in [1.165, 1.54) is 47.4 Å². The third-order valence-electron chi connectivity index (χ3n) is 7.38. The zero-order chi connectivity index (χ0) is 30.3. The van der Waals surface area contributed by atoms with E-state index in [-0.39, 0.29) is 34.1 Å². The predicted octanol–water partition coefficient (Wildman–Crippen LogP) is 6.58. The number of benzene rings is 3. The Balaban J connectivity index is 1.70. The molecule has 42 heavy (non-hydrogen) atoms. The molecule has 1 unspecified atom stereocenters. The first kappa shape index (κ1) is 31.8. The second kappa shape index (κ2) is 14.4. The molecule has 0 spiro atoms. The Hall–Kier alpha value is -3.14. The second-order valence-corrected chi connectivity index (χ2v) is 13.1. The molecule has 0 bridgehead atoms. The van der Waals surface area contributed by atoms with E-state index in [2.05, 4.69) is 5.32 Å². The van der Waals surface area contributed by atoms with Gasteiger partial charge in [0.15, 0.2) is 0 Å². The molecule has 2 amide bonds. The number of halogens is 3. The standard InChI is InChI=1S/C31H34Cl2FN3O4S/c1-2-29(31(39)35-26-8-4-3-5-9-26)36(20-22-11-15-25(34)16-12-22)30(38)21-37(27-10-6-7-24(33)19-27)42(40,41)28-17-13-23(32)14-18-28/h6-7,10-19,26,29H,2-5,8-9,20-21H2,1H3,(H,35,39). The highest BCUT2D eigenvalue weighted by Crippen LogP contribution is 2.28. The van der Waals surface area contributed by atoms with E-state index < -0.39 is 34.3 Å². The van der Waals surface area contributed by atoms with Crippen LogP contribution in [0.25, 0.3) is 0 Å². The molecule has 1 aliphatic rings. The Bertz CT molecular complexity index is 1480. The van der Waals surface area contributed by atoms with Crippen LogP contribution >= 0.6 is 23.2 Å². The molecule has 224 valence electrons. The Kier molecular flexibility index (Phi) is 10.9. The Morgan fingerprint density at radius 2 is 1.62 bits per heavy atom. The number of hydrogen-bond acceptors (Lipinski definition) is 4. The van der Waals surface area contributed by atoms with Gasteiger partial charge in [-0.3, -0.25) is 13.9 Å². The van der Waals surface area contributed by atoms with Crippen LogP contribution < -0.4 is 9.62 Å². The van der Waals surface area contributed by atoms with Crippen LogP contribution in [0.5, 0.6) is 0 Å². The molecule has 1 N–H and O–H groups in total. The summed E-state index contributed by atoms with van der Waals surface area (Å²) in [6.07, 6.45) is 5.22. The summed E-state index contributed by atoms with van der Waals surface area (Å²) in [5.74, 6) is -1.32. The first-order chi connectivity index (χ1) is 20.1. The number of amides is 2. The van der Waals surface area contributed by atoms with Crippen molar-refractivity contribution >= 4 is 50.7 Å². The fraction of sp³-hybridized carbons (Fsp3) is 0.355. The molecule has 0 radical (unpaired) electrons. The Labute approximate surface area is 256 Å². The number of carbonyl (C=O) groups is 2. The molecule has 4 rings (SSSR count). The van der Waals surface area contributed by atoms with Gasteiger partial charge in [0.05, 0.1) is 10.6 Å². The Morgan fingerprint density at radius 3 is 2.24 bits per heavy atom. The van der Waals surface area contributed by atoms with Gasteiger partial charge >= 0.3 is 0 Å². The molecule has 0 aliphatic heterocycles. The molecule has 3 aromatic rings. The molecule has 1 aliphatic carbocycles. The van der Waals surface area contributed by atoms with Gasteiger partial charge in [0.1, 0.15) is 18.4 Å². The van der Waals surface area contributed by atoms with Crippen molar-refractivity contribution in [2.24, 2.45) is 0 Å². The number of nitrogens with zero attached hydrogens (tertiary/aromatic N) is 2. The summed E-state index contributed by atoms with van der Waals surface area (Å²) in [5.41, 5.74) is 0.788. The third kappa shape index (κ3) is 8.02. The minimum absolute atomic E-state index is 0.0138. The molecule has 1 fully saturated rings. The minimum Gasteiger partial charge on any atom is -0.352 e. The lowest BCUT2D eigenvalue weighted by Gasteiger charge is -2.34. The maximum absolute atomic E-state index is 14.1. The van der Waals surface area contributed by atoms with E-state index in [9.17, 15) is 22.4 Å². The van der Waals surface area contributed by atoms with E-state index >= 15 is 0 Å². The quantitative estimate of drug-likeness (QED) is 0.258. The molecule has 1 saturated carbocycles. The van der Waals surface area contributed by atoms with Crippen molar-refractivity contribution in [1.82, 2.24) is 10.2 Å². The number of carbonyl (C=O) groups excluding carboxylic acids is 2. The number of sulfonamides is 1. The topological polar surface area (TPSA) is 86.8 Å². The van der Waals surface area contributed by atoms with Crippen LogP contribution in [0.15, 0.2) is 77.7 Å². The number of rotatable bonds is 11. The van der Waals surface area contributed by atoms with Crippen LogP contribution in [-0.4, -0.2) is 43.8 Å². The number of nitrogens with one attached hydrogen (secondary N) is 1. The van der Waals surface area contributed by atoms with Crippen molar-refractivity contribution in [1.29, 1.82) is 0 Å². The molecule has 0 aromatic heterocycles. The van der Waals surface area contributed by atoms with E-state index in [0.717, 1.165) is 36.4 Å². The molecule has 7 nitrogen and oxygen atoms in total. The molecular formula is C31H34Cl2FN3O4S. The van der Waals surface area contributed by atoms with Crippen LogP contribution in [0, 0.1) is 5.82 Å². The summed E-state index contributed by atoms with van der Waals surface area (Å²) in [6, 6.07) is 16.6. The average molecular weight is 635 g/mol. The van der Waals surface area contributed by atoms with Gasteiger partial charge in [-0.25, -0.2) is 12.8 Å². The maximum atomic E-state index is 14.1. The smallest absolute Gasteiger partial charge is 0.264 e. The molecule has 3 aromatic carbocycles.